The predicted octanol–water partition coefficient (Wildman–Crippen LogP) is 2.16. The van der Waals surface area contributed by atoms with Crippen molar-refractivity contribution in [1.29, 1.82) is 0 Å². The third kappa shape index (κ3) is 2.75. The van der Waals surface area contributed by atoms with E-state index in [0.717, 1.165) is 48.3 Å². The van der Waals surface area contributed by atoms with Crippen molar-refractivity contribution in [3.8, 4) is 0 Å². The Bertz CT molecular complexity index is 1080. The molecule has 0 bridgehead atoms. The average Bonchev–Trinajstić information content (AvgIpc) is 3.28. The Morgan fingerprint density at radius 1 is 1.26 bits per heavy atom. The first-order valence-corrected chi connectivity index (χ1v) is 11.3. The molecule has 144 valence electrons. The lowest BCUT2D eigenvalue weighted by atomic mass is 9.93. The molecule has 5 rings (SSSR count). The first-order valence-electron chi connectivity index (χ1n) is 9.71. The summed E-state index contributed by atoms with van der Waals surface area (Å²) in [6.45, 7) is 3.55. The van der Waals surface area contributed by atoms with Crippen LogP contribution in [0, 0.1) is 11.8 Å². The molecule has 1 aliphatic heterocycles. The molecule has 4 heterocycles. The van der Waals surface area contributed by atoms with Gasteiger partial charge in [-0.05, 0) is 37.2 Å². The van der Waals surface area contributed by atoms with E-state index in [-0.39, 0.29) is 17.6 Å². The van der Waals surface area contributed by atoms with Crippen molar-refractivity contribution in [2.75, 3.05) is 18.8 Å². The third-order valence-electron chi connectivity index (χ3n) is 6.27. The van der Waals surface area contributed by atoms with Crippen LogP contribution < -0.4 is 0 Å². The summed E-state index contributed by atoms with van der Waals surface area (Å²) in [4.78, 5) is 7.52. The topological polar surface area (TPSA) is 96.2 Å². The Hall–Kier alpha value is -2.00. The van der Waals surface area contributed by atoms with E-state index in [1.165, 1.54) is 0 Å². The Kier molecular flexibility index (Phi) is 3.98. The smallest absolute Gasteiger partial charge is 0.214 e. The van der Waals surface area contributed by atoms with Crippen LogP contribution in [-0.4, -0.2) is 56.1 Å². The minimum absolute atomic E-state index is 0.182. The maximum Gasteiger partial charge on any atom is 0.214 e. The van der Waals surface area contributed by atoms with E-state index in [9.17, 15) is 8.42 Å². The zero-order valence-electron chi connectivity index (χ0n) is 15.4. The highest BCUT2D eigenvalue weighted by Gasteiger charge is 2.40. The Morgan fingerprint density at radius 3 is 2.85 bits per heavy atom. The number of nitrogens with zero attached hydrogens (tertiary/aromatic N) is 5. The summed E-state index contributed by atoms with van der Waals surface area (Å²) in [5.74, 6) is 2.03. The zero-order chi connectivity index (χ0) is 18.6. The van der Waals surface area contributed by atoms with Crippen LogP contribution in [0.5, 0.6) is 0 Å². The number of hydrogen-bond donors (Lipinski definition) is 1. The summed E-state index contributed by atoms with van der Waals surface area (Å²) >= 11 is 0. The Labute approximate surface area is 158 Å². The molecule has 1 N–H and O–H groups in total. The summed E-state index contributed by atoms with van der Waals surface area (Å²) in [5, 5.41) is 8.82. The summed E-state index contributed by atoms with van der Waals surface area (Å²) in [7, 11) is -3.12. The summed E-state index contributed by atoms with van der Waals surface area (Å²) in [6.07, 6.45) is 7.38. The molecule has 27 heavy (non-hydrogen) atoms. The number of hydrogen-bond acceptors (Lipinski definition) is 5. The van der Waals surface area contributed by atoms with Crippen molar-refractivity contribution in [3.05, 3.63) is 24.3 Å². The molecule has 8 nitrogen and oxygen atoms in total. The van der Waals surface area contributed by atoms with Crippen molar-refractivity contribution in [2.24, 2.45) is 11.8 Å². The monoisotopic (exact) mass is 388 g/mol. The standard InChI is InChI=1S/C18H24N6O2S/c1-2-13-8-12(11-27(25,26)23-6-3-7-23)9-14(13)18-22-21-16-10-20-17-15(24(16)18)4-5-19-17/h4-5,10,12-14,19H,2-3,6-9,11H2,1H3/t12-,13+,14-/m1/s1. The van der Waals surface area contributed by atoms with Gasteiger partial charge in [0.25, 0.3) is 0 Å². The van der Waals surface area contributed by atoms with Crippen LogP contribution in [0.1, 0.15) is 44.3 Å². The molecule has 2 fully saturated rings. The first kappa shape index (κ1) is 17.1. The van der Waals surface area contributed by atoms with E-state index in [2.05, 4.69) is 31.5 Å². The molecule has 1 aliphatic carbocycles. The van der Waals surface area contributed by atoms with Gasteiger partial charge in [-0.25, -0.2) is 17.7 Å². The van der Waals surface area contributed by atoms with E-state index >= 15 is 0 Å². The maximum absolute atomic E-state index is 12.6. The van der Waals surface area contributed by atoms with Crippen LogP contribution in [0.3, 0.4) is 0 Å². The number of fused-ring (bicyclic) bond motifs is 3. The van der Waals surface area contributed by atoms with Gasteiger partial charge in [0.15, 0.2) is 11.3 Å². The van der Waals surface area contributed by atoms with Gasteiger partial charge >= 0.3 is 0 Å². The van der Waals surface area contributed by atoms with Crippen LogP contribution in [-0.2, 0) is 10.0 Å². The van der Waals surface area contributed by atoms with Crippen molar-refractivity contribution < 1.29 is 8.42 Å². The highest BCUT2D eigenvalue weighted by Crippen LogP contribution is 2.45. The molecule has 0 amide bonds. The van der Waals surface area contributed by atoms with E-state index in [1.807, 2.05) is 12.3 Å². The van der Waals surface area contributed by atoms with Crippen molar-refractivity contribution in [3.63, 3.8) is 0 Å². The number of rotatable bonds is 5. The van der Waals surface area contributed by atoms with Crippen molar-refractivity contribution in [2.45, 2.75) is 38.5 Å². The van der Waals surface area contributed by atoms with E-state index in [4.69, 9.17) is 0 Å². The Morgan fingerprint density at radius 2 is 2.11 bits per heavy atom. The van der Waals surface area contributed by atoms with Crippen LogP contribution in [0.25, 0.3) is 16.8 Å². The molecule has 0 spiro atoms. The van der Waals surface area contributed by atoms with Gasteiger partial charge in [-0.3, -0.25) is 4.40 Å². The third-order valence-corrected chi connectivity index (χ3v) is 8.31. The minimum Gasteiger partial charge on any atom is -0.345 e. The van der Waals surface area contributed by atoms with Crippen LogP contribution in [0.4, 0.5) is 0 Å². The number of sulfonamides is 1. The number of aromatic nitrogens is 5. The SMILES string of the molecule is CC[C@H]1C[C@@H](CS(=O)(=O)N2CCC2)C[C@H]1c1nnc2cnc3[nH]ccc3n12. The highest BCUT2D eigenvalue weighted by molar-refractivity contribution is 7.89. The summed E-state index contributed by atoms with van der Waals surface area (Å²) in [6, 6.07) is 1.99. The molecule has 3 aromatic rings. The summed E-state index contributed by atoms with van der Waals surface area (Å²) in [5.41, 5.74) is 2.52. The fourth-order valence-electron chi connectivity index (χ4n) is 4.75. The Balaban J connectivity index is 1.47. The van der Waals surface area contributed by atoms with Gasteiger partial charge in [-0.15, -0.1) is 10.2 Å². The van der Waals surface area contributed by atoms with Crippen LogP contribution in [0.2, 0.25) is 0 Å². The van der Waals surface area contributed by atoms with Gasteiger partial charge in [0.05, 0.1) is 17.5 Å². The molecule has 1 saturated carbocycles. The molecular formula is C18H24N6O2S. The molecule has 2 aliphatic rings. The molecule has 0 unspecified atom stereocenters. The second kappa shape index (κ2) is 6.27. The van der Waals surface area contributed by atoms with Gasteiger partial charge in [0.2, 0.25) is 10.0 Å². The largest absolute Gasteiger partial charge is 0.345 e. The zero-order valence-corrected chi connectivity index (χ0v) is 16.2. The fourth-order valence-corrected chi connectivity index (χ4v) is 6.64. The normalized spacial score (nSPS) is 26.8. The van der Waals surface area contributed by atoms with E-state index < -0.39 is 10.0 Å². The van der Waals surface area contributed by atoms with Gasteiger partial charge in [0, 0.05) is 25.2 Å². The van der Waals surface area contributed by atoms with Gasteiger partial charge in [0.1, 0.15) is 5.82 Å². The number of H-pyrrole nitrogens is 1. The molecule has 9 heteroatoms. The van der Waals surface area contributed by atoms with E-state index in [1.54, 1.807) is 10.5 Å². The van der Waals surface area contributed by atoms with Gasteiger partial charge in [-0.1, -0.05) is 13.3 Å². The van der Waals surface area contributed by atoms with Gasteiger partial charge < -0.3 is 4.98 Å². The molecule has 0 aromatic carbocycles. The highest BCUT2D eigenvalue weighted by atomic mass is 32.2. The molecule has 0 radical (unpaired) electrons. The fraction of sp³-hybridized carbons (Fsp3) is 0.611. The quantitative estimate of drug-likeness (QED) is 0.722. The van der Waals surface area contributed by atoms with Crippen molar-refractivity contribution in [1.82, 2.24) is 28.9 Å². The molecule has 1 saturated heterocycles. The van der Waals surface area contributed by atoms with Crippen molar-refractivity contribution >= 4 is 26.8 Å². The van der Waals surface area contributed by atoms with Crippen LogP contribution >= 0.6 is 0 Å². The van der Waals surface area contributed by atoms with Crippen LogP contribution in [0.15, 0.2) is 18.5 Å². The maximum atomic E-state index is 12.6. The predicted molar refractivity (Wildman–Crippen MR) is 102 cm³/mol. The second-order valence-electron chi connectivity index (χ2n) is 7.86. The molecule has 3 atom stereocenters. The lowest BCUT2D eigenvalue weighted by Crippen LogP contribution is -2.44. The second-order valence-corrected chi connectivity index (χ2v) is 9.88. The van der Waals surface area contributed by atoms with E-state index in [0.29, 0.717) is 19.0 Å². The minimum atomic E-state index is -3.12. The number of aromatic amines is 1. The number of nitrogens with one attached hydrogen (secondary N) is 1. The molecule has 3 aromatic heterocycles. The first-order chi connectivity index (χ1) is 13.1. The summed E-state index contributed by atoms with van der Waals surface area (Å²) < 4.78 is 28.9. The average molecular weight is 388 g/mol. The lowest BCUT2D eigenvalue weighted by molar-refractivity contribution is 0.306. The van der Waals surface area contributed by atoms with Gasteiger partial charge in [-0.2, -0.15) is 0 Å². The molecular weight excluding hydrogens is 364 g/mol. The lowest BCUT2D eigenvalue weighted by Gasteiger charge is -2.30.